The van der Waals surface area contributed by atoms with Crippen molar-refractivity contribution in [3.8, 4) is 11.4 Å². The van der Waals surface area contributed by atoms with Crippen molar-refractivity contribution in [3.05, 3.63) is 42.5 Å². The molecule has 1 heterocycles. The average molecular weight is 404 g/mol. The lowest BCUT2D eigenvalue weighted by molar-refractivity contribution is -0.120. The molecule has 0 atom stereocenters. The highest BCUT2D eigenvalue weighted by atomic mass is 16.2. The molecule has 0 saturated heterocycles. The molecule has 2 N–H and O–H groups in total. The number of carbonyl (C=O) groups excluding carboxylic acids is 3. The summed E-state index contributed by atoms with van der Waals surface area (Å²) in [6.45, 7) is 1.49. The van der Waals surface area contributed by atoms with E-state index in [4.69, 9.17) is 0 Å². The summed E-state index contributed by atoms with van der Waals surface area (Å²) in [5.41, 5.74) is 3.39. The second kappa shape index (κ2) is 8.49. The summed E-state index contributed by atoms with van der Waals surface area (Å²) in [4.78, 5) is 40.1. The van der Waals surface area contributed by atoms with Crippen molar-refractivity contribution in [2.45, 2.75) is 39.0 Å². The van der Waals surface area contributed by atoms with Crippen LogP contribution in [0, 0.1) is 5.92 Å². The van der Waals surface area contributed by atoms with Gasteiger partial charge in [0.05, 0.1) is 11.0 Å². The molecular formula is C23H24N4O3. The van der Waals surface area contributed by atoms with Gasteiger partial charge in [0, 0.05) is 29.8 Å². The standard InChI is InChI=1S/C23H24N4O3/c1-15(29)27-21-12-11-19(24-14-28)13-20(21)26-22(27)16-7-9-18(10-8-16)25-23(30)17-5-3-2-4-6-17/h7-14,17H,2-6H2,1H3,(H,24,28)(H,25,30). The van der Waals surface area contributed by atoms with Crippen molar-refractivity contribution in [1.82, 2.24) is 9.55 Å². The van der Waals surface area contributed by atoms with E-state index < -0.39 is 0 Å². The van der Waals surface area contributed by atoms with Crippen molar-refractivity contribution < 1.29 is 14.4 Å². The van der Waals surface area contributed by atoms with Gasteiger partial charge in [-0.3, -0.25) is 19.0 Å². The highest BCUT2D eigenvalue weighted by Crippen LogP contribution is 2.29. The summed E-state index contributed by atoms with van der Waals surface area (Å²) in [7, 11) is 0. The molecule has 2 amide bonds. The van der Waals surface area contributed by atoms with E-state index in [9.17, 15) is 14.4 Å². The number of hydrogen-bond donors (Lipinski definition) is 2. The first kappa shape index (κ1) is 19.8. The van der Waals surface area contributed by atoms with Gasteiger partial charge < -0.3 is 10.6 Å². The van der Waals surface area contributed by atoms with Crippen molar-refractivity contribution in [2.24, 2.45) is 5.92 Å². The van der Waals surface area contributed by atoms with Gasteiger partial charge in [-0.2, -0.15) is 0 Å². The van der Waals surface area contributed by atoms with Gasteiger partial charge in [-0.25, -0.2) is 4.98 Å². The maximum atomic E-state index is 12.5. The van der Waals surface area contributed by atoms with Gasteiger partial charge in [0.2, 0.25) is 18.2 Å². The van der Waals surface area contributed by atoms with Crippen LogP contribution in [0.5, 0.6) is 0 Å². The van der Waals surface area contributed by atoms with Crippen LogP contribution >= 0.6 is 0 Å². The van der Waals surface area contributed by atoms with Crippen LogP contribution in [0.25, 0.3) is 22.4 Å². The van der Waals surface area contributed by atoms with Crippen LogP contribution in [-0.4, -0.2) is 27.8 Å². The fourth-order valence-corrected chi connectivity index (χ4v) is 4.06. The number of hydrogen-bond acceptors (Lipinski definition) is 4. The number of rotatable bonds is 5. The van der Waals surface area contributed by atoms with E-state index >= 15 is 0 Å². The molecule has 0 radical (unpaired) electrons. The lowest BCUT2D eigenvalue weighted by Crippen LogP contribution is -2.24. The topological polar surface area (TPSA) is 93.1 Å². The zero-order chi connectivity index (χ0) is 21.1. The Morgan fingerprint density at radius 2 is 1.73 bits per heavy atom. The Hall–Kier alpha value is -3.48. The van der Waals surface area contributed by atoms with Crippen LogP contribution < -0.4 is 10.6 Å². The molecule has 1 saturated carbocycles. The van der Waals surface area contributed by atoms with E-state index in [2.05, 4.69) is 15.6 Å². The van der Waals surface area contributed by atoms with Gasteiger partial charge in [0.25, 0.3) is 0 Å². The number of carbonyl (C=O) groups is 3. The molecule has 1 aliphatic carbocycles. The molecule has 3 aromatic rings. The van der Waals surface area contributed by atoms with E-state index in [0.717, 1.165) is 36.9 Å². The predicted molar refractivity (Wildman–Crippen MR) is 116 cm³/mol. The molecule has 0 aliphatic heterocycles. The Bertz CT molecular complexity index is 1100. The van der Waals surface area contributed by atoms with Crippen LogP contribution in [0.3, 0.4) is 0 Å². The fourth-order valence-electron chi connectivity index (χ4n) is 4.06. The maximum absolute atomic E-state index is 12.5. The summed E-state index contributed by atoms with van der Waals surface area (Å²) in [5.74, 6) is 0.535. The molecule has 4 rings (SSSR count). The predicted octanol–water partition coefficient (Wildman–Crippen LogP) is 4.45. The zero-order valence-electron chi connectivity index (χ0n) is 16.9. The van der Waals surface area contributed by atoms with Gasteiger partial charge >= 0.3 is 0 Å². The Morgan fingerprint density at radius 1 is 1.03 bits per heavy atom. The van der Waals surface area contributed by atoms with E-state index in [-0.39, 0.29) is 17.7 Å². The molecule has 154 valence electrons. The monoisotopic (exact) mass is 404 g/mol. The van der Waals surface area contributed by atoms with E-state index in [0.29, 0.717) is 29.0 Å². The summed E-state index contributed by atoms with van der Waals surface area (Å²) >= 11 is 0. The van der Waals surface area contributed by atoms with Crippen LogP contribution in [0.15, 0.2) is 42.5 Å². The zero-order valence-corrected chi connectivity index (χ0v) is 16.9. The number of imidazole rings is 1. The van der Waals surface area contributed by atoms with Crippen LogP contribution in [-0.2, 0) is 9.59 Å². The second-order valence-electron chi connectivity index (χ2n) is 7.66. The van der Waals surface area contributed by atoms with Gasteiger partial charge in [0.1, 0.15) is 5.82 Å². The fraction of sp³-hybridized carbons (Fsp3) is 0.304. The van der Waals surface area contributed by atoms with Crippen molar-refractivity contribution in [1.29, 1.82) is 0 Å². The van der Waals surface area contributed by atoms with Gasteiger partial charge in [-0.05, 0) is 55.3 Å². The molecule has 1 aliphatic rings. The Labute approximate surface area is 174 Å². The molecular weight excluding hydrogens is 380 g/mol. The van der Waals surface area contributed by atoms with E-state index in [1.165, 1.54) is 13.3 Å². The smallest absolute Gasteiger partial charge is 0.229 e. The van der Waals surface area contributed by atoms with E-state index in [1.807, 2.05) is 24.3 Å². The van der Waals surface area contributed by atoms with Crippen LogP contribution in [0.2, 0.25) is 0 Å². The maximum Gasteiger partial charge on any atom is 0.229 e. The normalized spacial score (nSPS) is 14.4. The molecule has 0 bridgehead atoms. The van der Waals surface area contributed by atoms with Gasteiger partial charge in [-0.15, -0.1) is 0 Å². The third kappa shape index (κ3) is 3.96. The summed E-state index contributed by atoms with van der Waals surface area (Å²) in [6, 6.07) is 12.6. The lowest BCUT2D eigenvalue weighted by atomic mass is 9.88. The van der Waals surface area contributed by atoms with Crippen molar-refractivity contribution in [3.63, 3.8) is 0 Å². The third-order valence-corrected chi connectivity index (χ3v) is 5.58. The van der Waals surface area contributed by atoms with Crippen molar-refractivity contribution >= 4 is 40.6 Å². The average Bonchev–Trinajstić information content (AvgIpc) is 3.14. The number of fused-ring (bicyclic) bond motifs is 1. The summed E-state index contributed by atoms with van der Waals surface area (Å²) < 4.78 is 1.55. The number of amides is 2. The molecule has 2 aromatic carbocycles. The molecule has 7 heteroatoms. The largest absolute Gasteiger partial charge is 0.329 e. The molecule has 0 spiro atoms. The van der Waals surface area contributed by atoms with Crippen molar-refractivity contribution in [2.75, 3.05) is 10.6 Å². The highest BCUT2D eigenvalue weighted by Gasteiger charge is 2.21. The first-order valence-electron chi connectivity index (χ1n) is 10.2. The first-order valence-corrected chi connectivity index (χ1v) is 10.2. The molecule has 0 unspecified atom stereocenters. The molecule has 1 fully saturated rings. The first-order chi connectivity index (χ1) is 14.6. The quantitative estimate of drug-likeness (QED) is 0.615. The number of nitrogens with one attached hydrogen (secondary N) is 2. The van der Waals surface area contributed by atoms with Crippen LogP contribution in [0.4, 0.5) is 11.4 Å². The summed E-state index contributed by atoms with van der Waals surface area (Å²) in [6.07, 6.45) is 5.94. The molecule has 1 aromatic heterocycles. The minimum Gasteiger partial charge on any atom is -0.329 e. The minimum absolute atomic E-state index is 0.0774. The third-order valence-electron chi connectivity index (χ3n) is 5.58. The van der Waals surface area contributed by atoms with Gasteiger partial charge in [-0.1, -0.05) is 19.3 Å². The molecule has 30 heavy (non-hydrogen) atoms. The Balaban J connectivity index is 1.61. The number of aromatic nitrogens is 2. The lowest BCUT2D eigenvalue weighted by Gasteiger charge is -2.20. The number of nitrogens with zero attached hydrogens (tertiary/aromatic N) is 2. The SMILES string of the molecule is CC(=O)n1c(-c2ccc(NC(=O)C3CCCCC3)cc2)nc2cc(NC=O)ccc21. The van der Waals surface area contributed by atoms with Crippen LogP contribution in [0.1, 0.15) is 43.8 Å². The Kier molecular flexibility index (Phi) is 5.61. The molecule has 7 nitrogen and oxygen atoms in total. The summed E-state index contributed by atoms with van der Waals surface area (Å²) in [5, 5.41) is 5.60. The Morgan fingerprint density at radius 3 is 2.40 bits per heavy atom. The number of benzene rings is 2. The number of anilines is 2. The second-order valence-corrected chi connectivity index (χ2v) is 7.66. The van der Waals surface area contributed by atoms with Gasteiger partial charge in [0.15, 0.2) is 0 Å². The van der Waals surface area contributed by atoms with E-state index in [1.54, 1.807) is 22.8 Å². The highest BCUT2D eigenvalue weighted by molar-refractivity contribution is 5.96. The minimum atomic E-state index is -0.154.